The van der Waals surface area contributed by atoms with Gasteiger partial charge in [0.05, 0.1) is 0 Å². The van der Waals surface area contributed by atoms with Crippen molar-refractivity contribution in [2.24, 2.45) is 5.92 Å². The Kier molecular flexibility index (Phi) is 2.67. The Labute approximate surface area is 95.7 Å². The lowest BCUT2D eigenvalue weighted by molar-refractivity contribution is 0.264. The van der Waals surface area contributed by atoms with Gasteiger partial charge in [-0.1, -0.05) is 25.7 Å². The van der Waals surface area contributed by atoms with E-state index in [-0.39, 0.29) is 6.61 Å². The van der Waals surface area contributed by atoms with Crippen LogP contribution in [0.4, 0.5) is 0 Å². The fraction of sp³-hybridized carbons (Fsp3) is 0.833. The van der Waals surface area contributed by atoms with Crippen LogP contribution in [-0.4, -0.2) is 19.9 Å². The lowest BCUT2D eigenvalue weighted by Crippen LogP contribution is -2.09. The molecule has 0 unspecified atom stereocenters. The number of rotatable bonds is 4. The second kappa shape index (κ2) is 4.17. The van der Waals surface area contributed by atoms with E-state index in [1.54, 1.807) is 0 Å². The zero-order chi connectivity index (χ0) is 11.0. The Morgan fingerprint density at radius 1 is 1.06 bits per heavy atom. The molecule has 1 aromatic rings. The smallest absolute Gasteiger partial charge is 0.159 e. The molecular formula is C12H19N3O. The Hall–Kier alpha value is -0.900. The highest BCUT2D eigenvalue weighted by molar-refractivity contribution is 5.03. The second-order valence-electron chi connectivity index (χ2n) is 5.15. The minimum atomic E-state index is 0.0220. The van der Waals surface area contributed by atoms with Crippen LogP contribution >= 0.6 is 0 Å². The van der Waals surface area contributed by atoms with E-state index in [2.05, 4.69) is 14.8 Å². The maximum absolute atomic E-state index is 9.25. The van der Waals surface area contributed by atoms with Crippen molar-refractivity contribution in [3.05, 3.63) is 11.6 Å². The minimum absolute atomic E-state index is 0.0220. The molecule has 0 atom stereocenters. The number of aromatic nitrogens is 3. The molecule has 2 aliphatic carbocycles. The molecule has 0 amide bonds. The van der Waals surface area contributed by atoms with Gasteiger partial charge in [-0.05, 0) is 18.8 Å². The van der Waals surface area contributed by atoms with Crippen LogP contribution in [0.25, 0.3) is 0 Å². The van der Waals surface area contributed by atoms with E-state index in [9.17, 15) is 5.11 Å². The van der Waals surface area contributed by atoms with E-state index >= 15 is 0 Å². The number of aliphatic hydroxyl groups is 1. The van der Waals surface area contributed by atoms with Gasteiger partial charge in [0, 0.05) is 12.5 Å². The third-order valence-corrected chi connectivity index (χ3v) is 3.84. The molecule has 3 rings (SSSR count). The van der Waals surface area contributed by atoms with Crippen LogP contribution < -0.4 is 0 Å². The molecule has 0 bridgehead atoms. The van der Waals surface area contributed by atoms with Gasteiger partial charge in [0.15, 0.2) is 5.82 Å². The van der Waals surface area contributed by atoms with Crippen LogP contribution in [0.1, 0.15) is 56.2 Å². The SMILES string of the molecule is OCc1nnc(CC2CCCC2)n1C1CC1. The molecule has 0 aromatic carbocycles. The van der Waals surface area contributed by atoms with Crippen molar-refractivity contribution < 1.29 is 5.11 Å². The third-order valence-electron chi connectivity index (χ3n) is 3.84. The lowest BCUT2D eigenvalue weighted by atomic mass is 10.0. The first-order valence-electron chi connectivity index (χ1n) is 6.42. The highest BCUT2D eigenvalue weighted by atomic mass is 16.3. The van der Waals surface area contributed by atoms with Crippen LogP contribution in [0.15, 0.2) is 0 Å². The predicted molar refractivity (Wildman–Crippen MR) is 59.9 cm³/mol. The third kappa shape index (κ3) is 1.86. The van der Waals surface area contributed by atoms with Gasteiger partial charge in [-0.3, -0.25) is 0 Å². The zero-order valence-corrected chi connectivity index (χ0v) is 9.60. The summed E-state index contributed by atoms with van der Waals surface area (Å²) >= 11 is 0. The fourth-order valence-corrected chi connectivity index (χ4v) is 2.83. The van der Waals surface area contributed by atoms with E-state index in [0.29, 0.717) is 6.04 Å². The summed E-state index contributed by atoms with van der Waals surface area (Å²) in [7, 11) is 0. The van der Waals surface area contributed by atoms with Gasteiger partial charge in [0.25, 0.3) is 0 Å². The van der Waals surface area contributed by atoms with E-state index in [1.165, 1.54) is 38.5 Å². The van der Waals surface area contributed by atoms with E-state index in [1.807, 2.05) is 0 Å². The van der Waals surface area contributed by atoms with Crippen molar-refractivity contribution >= 4 is 0 Å². The molecule has 2 saturated carbocycles. The molecule has 4 nitrogen and oxygen atoms in total. The number of hydrogen-bond donors (Lipinski definition) is 1. The molecule has 1 aromatic heterocycles. The Morgan fingerprint density at radius 2 is 1.75 bits per heavy atom. The average molecular weight is 221 g/mol. The summed E-state index contributed by atoms with van der Waals surface area (Å²) < 4.78 is 2.19. The Morgan fingerprint density at radius 3 is 2.38 bits per heavy atom. The normalized spacial score (nSPS) is 21.8. The van der Waals surface area contributed by atoms with Crippen molar-refractivity contribution in [3.8, 4) is 0 Å². The van der Waals surface area contributed by atoms with Crippen LogP contribution in [0.3, 0.4) is 0 Å². The van der Waals surface area contributed by atoms with Gasteiger partial charge in [0.2, 0.25) is 0 Å². The van der Waals surface area contributed by atoms with E-state index < -0.39 is 0 Å². The summed E-state index contributed by atoms with van der Waals surface area (Å²) in [4.78, 5) is 0. The second-order valence-corrected chi connectivity index (χ2v) is 5.15. The van der Waals surface area contributed by atoms with Gasteiger partial charge in [-0.2, -0.15) is 0 Å². The summed E-state index contributed by atoms with van der Waals surface area (Å²) in [5, 5.41) is 17.6. The number of hydrogen-bond acceptors (Lipinski definition) is 3. The molecule has 0 aliphatic heterocycles. The first kappa shape index (κ1) is 10.3. The number of aliphatic hydroxyl groups excluding tert-OH is 1. The van der Waals surface area contributed by atoms with Gasteiger partial charge in [-0.25, -0.2) is 0 Å². The van der Waals surface area contributed by atoms with Gasteiger partial charge in [-0.15, -0.1) is 10.2 Å². The van der Waals surface area contributed by atoms with E-state index in [4.69, 9.17) is 0 Å². The molecule has 88 valence electrons. The topological polar surface area (TPSA) is 50.9 Å². The van der Waals surface area contributed by atoms with Crippen LogP contribution in [-0.2, 0) is 13.0 Å². The monoisotopic (exact) mass is 221 g/mol. The van der Waals surface area contributed by atoms with Crippen molar-refractivity contribution in [1.82, 2.24) is 14.8 Å². The molecular weight excluding hydrogens is 202 g/mol. The van der Waals surface area contributed by atoms with Gasteiger partial charge >= 0.3 is 0 Å². The molecule has 1 N–H and O–H groups in total. The lowest BCUT2D eigenvalue weighted by Gasteiger charge is -2.11. The summed E-state index contributed by atoms with van der Waals surface area (Å²) in [5.41, 5.74) is 0. The summed E-state index contributed by atoms with van der Waals surface area (Å²) in [6.45, 7) is 0.0220. The molecule has 0 saturated heterocycles. The molecule has 2 fully saturated rings. The standard InChI is InChI=1S/C12H19N3O/c16-8-12-14-13-11(15(12)10-5-6-10)7-9-3-1-2-4-9/h9-10,16H,1-8H2. The Bertz CT molecular complexity index is 364. The van der Waals surface area contributed by atoms with E-state index in [0.717, 1.165) is 24.0 Å². The first-order chi connectivity index (χ1) is 7.88. The largest absolute Gasteiger partial charge is 0.388 e. The summed E-state index contributed by atoms with van der Waals surface area (Å²) in [5.74, 6) is 2.67. The van der Waals surface area contributed by atoms with Gasteiger partial charge < -0.3 is 9.67 Å². The van der Waals surface area contributed by atoms with Crippen molar-refractivity contribution in [3.63, 3.8) is 0 Å². The zero-order valence-electron chi connectivity index (χ0n) is 9.60. The Balaban J connectivity index is 1.79. The molecule has 4 heteroatoms. The minimum Gasteiger partial charge on any atom is -0.388 e. The molecule has 16 heavy (non-hydrogen) atoms. The summed E-state index contributed by atoms with van der Waals surface area (Å²) in [6.07, 6.45) is 8.93. The van der Waals surface area contributed by atoms with Crippen molar-refractivity contribution in [2.45, 2.75) is 57.6 Å². The highest BCUT2D eigenvalue weighted by Gasteiger charge is 2.30. The van der Waals surface area contributed by atoms with Crippen molar-refractivity contribution in [2.75, 3.05) is 0 Å². The maximum Gasteiger partial charge on any atom is 0.159 e. The van der Waals surface area contributed by atoms with Gasteiger partial charge in [0.1, 0.15) is 12.4 Å². The molecule has 0 radical (unpaired) electrons. The first-order valence-corrected chi connectivity index (χ1v) is 6.42. The summed E-state index contributed by atoms with van der Waals surface area (Å²) in [6, 6.07) is 0.577. The van der Waals surface area contributed by atoms with Crippen LogP contribution in [0, 0.1) is 5.92 Å². The average Bonchev–Trinajstić information content (AvgIpc) is 2.86. The van der Waals surface area contributed by atoms with Crippen LogP contribution in [0.5, 0.6) is 0 Å². The van der Waals surface area contributed by atoms with Crippen molar-refractivity contribution in [1.29, 1.82) is 0 Å². The predicted octanol–water partition coefficient (Wildman–Crippen LogP) is 1.84. The fourth-order valence-electron chi connectivity index (χ4n) is 2.83. The quantitative estimate of drug-likeness (QED) is 0.844. The maximum atomic E-state index is 9.25. The van der Waals surface area contributed by atoms with Crippen LogP contribution in [0.2, 0.25) is 0 Å². The molecule has 1 heterocycles. The molecule has 2 aliphatic rings. The molecule has 0 spiro atoms. The highest BCUT2D eigenvalue weighted by Crippen LogP contribution is 2.38. The number of nitrogens with zero attached hydrogens (tertiary/aromatic N) is 3.